The van der Waals surface area contributed by atoms with Gasteiger partial charge in [0, 0.05) is 6.42 Å². The number of ether oxygens (including phenoxy) is 4. The highest BCUT2D eigenvalue weighted by atomic mass is 16.6. The van der Waals surface area contributed by atoms with Crippen LogP contribution in [-0.2, 0) is 33.9 Å². The molecule has 2 N–H and O–H groups in total. The van der Waals surface area contributed by atoms with E-state index in [9.17, 15) is 14.7 Å². The van der Waals surface area contributed by atoms with Crippen LogP contribution in [0.3, 0.4) is 0 Å². The number of amides is 1. The Kier molecular flexibility index (Phi) is 11.0. The average molecular weight is 550 g/mol. The predicted octanol–water partition coefficient (Wildman–Crippen LogP) is 5.59. The highest BCUT2D eigenvalue weighted by Crippen LogP contribution is 2.31. The van der Waals surface area contributed by atoms with Gasteiger partial charge in [0.2, 0.25) is 0 Å². The van der Waals surface area contributed by atoms with Crippen molar-refractivity contribution < 1.29 is 33.6 Å². The number of hydrogen-bond acceptors (Lipinski definition) is 7. The molecule has 40 heavy (non-hydrogen) atoms. The first-order chi connectivity index (χ1) is 19.0. The molecule has 214 valence electrons. The van der Waals surface area contributed by atoms with Gasteiger partial charge >= 0.3 is 12.1 Å². The summed E-state index contributed by atoms with van der Waals surface area (Å²) in [4.78, 5) is 25.6. The summed E-state index contributed by atoms with van der Waals surface area (Å²) in [6.07, 6.45) is -2.27. The molecule has 0 saturated heterocycles. The van der Waals surface area contributed by atoms with Crippen molar-refractivity contribution in [2.75, 3.05) is 0 Å². The standard InChI is InChI=1S/C32H39NO7/c1-22(34)23(2)39-30(35)27(33-31(36)40-32(3,4)5)18-26-16-17-28(37-20-24-12-8-6-9-13-24)29(19-26)38-21-25-14-10-7-11-15-25/h6-17,19,22-23,27,34H,18,20-21H2,1-5H3,(H,33,36)/t22?,23?,27-/m0/s1. The van der Waals surface area contributed by atoms with Crippen molar-refractivity contribution in [2.24, 2.45) is 0 Å². The number of rotatable bonds is 12. The molecule has 0 aliphatic heterocycles. The largest absolute Gasteiger partial charge is 0.485 e. The third-order valence-electron chi connectivity index (χ3n) is 5.88. The van der Waals surface area contributed by atoms with Crippen molar-refractivity contribution in [2.45, 2.75) is 78.1 Å². The molecule has 2 unspecified atom stereocenters. The number of hydrogen-bond donors (Lipinski definition) is 2. The van der Waals surface area contributed by atoms with Gasteiger partial charge in [-0.1, -0.05) is 66.7 Å². The van der Waals surface area contributed by atoms with Crippen LogP contribution in [0.4, 0.5) is 4.79 Å². The quantitative estimate of drug-likeness (QED) is 0.284. The number of nitrogens with one attached hydrogen (secondary N) is 1. The molecule has 0 saturated carbocycles. The summed E-state index contributed by atoms with van der Waals surface area (Å²) in [6, 6.07) is 23.9. The molecule has 0 bridgehead atoms. The second-order valence-corrected chi connectivity index (χ2v) is 10.6. The smallest absolute Gasteiger partial charge is 0.408 e. The van der Waals surface area contributed by atoms with Gasteiger partial charge in [-0.25, -0.2) is 9.59 Å². The molecule has 0 fully saturated rings. The molecule has 8 nitrogen and oxygen atoms in total. The molecule has 1 amide bonds. The van der Waals surface area contributed by atoms with E-state index in [-0.39, 0.29) is 6.42 Å². The molecule has 3 aromatic rings. The van der Waals surface area contributed by atoms with Gasteiger partial charge in [0.15, 0.2) is 11.5 Å². The highest BCUT2D eigenvalue weighted by Gasteiger charge is 2.28. The molecular formula is C32H39NO7. The number of aliphatic hydroxyl groups is 1. The Hall–Kier alpha value is -4.04. The Morgan fingerprint density at radius 2 is 1.35 bits per heavy atom. The molecule has 8 heteroatoms. The molecular weight excluding hydrogens is 510 g/mol. The van der Waals surface area contributed by atoms with E-state index in [0.717, 1.165) is 11.1 Å². The van der Waals surface area contributed by atoms with Gasteiger partial charge in [-0.05, 0) is 63.4 Å². The number of esters is 1. The molecule has 0 aliphatic carbocycles. The summed E-state index contributed by atoms with van der Waals surface area (Å²) in [5.41, 5.74) is 1.96. The minimum atomic E-state index is -1.06. The van der Waals surface area contributed by atoms with Gasteiger partial charge in [0.25, 0.3) is 0 Å². The second kappa shape index (κ2) is 14.4. The second-order valence-electron chi connectivity index (χ2n) is 10.6. The summed E-state index contributed by atoms with van der Waals surface area (Å²) in [7, 11) is 0. The number of carbonyl (C=O) groups excluding carboxylic acids is 2. The van der Waals surface area contributed by atoms with Gasteiger partial charge in [-0.3, -0.25) is 0 Å². The molecule has 3 rings (SSSR count). The SMILES string of the molecule is CC(O)C(C)OC(=O)[C@H](Cc1ccc(OCc2ccccc2)c(OCc2ccccc2)c1)NC(=O)OC(C)(C)C. The number of alkyl carbamates (subject to hydrolysis) is 1. The highest BCUT2D eigenvalue weighted by molar-refractivity contribution is 5.82. The molecule has 0 spiro atoms. The zero-order chi connectivity index (χ0) is 29.1. The maximum Gasteiger partial charge on any atom is 0.408 e. The fourth-order valence-corrected chi connectivity index (χ4v) is 3.62. The first kappa shape index (κ1) is 30.5. The summed E-state index contributed by atoms with van der Waals surface area (Å²) in [5, 5.41) is 12.4. The van der Waals surface area contributed by atoms with Crippen LogP contribution in [0.5, 0.6) is 11.5 Å². The van der Waals surface area contributed by atoms with Crippen molar-refractivity contribution in [3.63, 3.8) is 0 Å². The summed E-state index contributed by atoms with van der Waals surface area (Å²) in [5.74, 6) is 0.361. The Bertz CT molecular complexity index is 1220. The van der Waals surface area contributed by atoms with Crippen LogP contribution in [0.2, 0.25) is 0 Å². The van der Waals surface area contributed by atoms with Gasteiger partial charge in [0.1, 0.15) is 31.0 Å². The van der Waals surface area contributed by atoms with E-state index in [4.69, 9.17) is 18.9 Å². The Morgan fingerprint density at radius 1 is 0.800 bits per heavy atom. The third-order valence-corrected chi connectivity index (χ3v) is 5.88. The van der Waals surface area contributed by atoms with E-state index in [1.54, 1.807) is 39.8 Å². The van der Waals surface area contributed by atoms with E-state index < -0.39 is 35.9 Å². The van der Waals surface area contributed by atoms with Crippen LogP contribution >= 0.6 is 0 Å². The van der Waals surface area contributed by atoms with Crippen LogP contribution in [0, 0.1) is 0 Å². The normalized spacial score (nSPS) is 13.4. The minimum Gasteiger partial charge on any atom is -0.485 e. The van der Waals surface area contributed by atoms with Crippen molar-refractivity contribution in [3.8, 4) is 11.5 Å². The lowest BCUT2D eigenvalue weighted by Crippen LogP contribution is -2.46. The molecule has 0 radical (unpaired) electrons. The van der Waals surface area contributed by atoms with Crippen LogP contribution in [0.15, 0.2) is 78.9 Å². The van der Waals surface area contributed by atoms with Crippen molar-refractivity contribution in [1.29, 1.82) is 0 Å². The van der Waals surface area contributed by atoms with Gasteiger partial charge in [-0.2, -0.15) is 0 Å². The van der Waals surface area contributed by atoms with Crippen LogP contribution in [0.1, 0.15) is 51.3 Å². The fraction of sp³-hybridized carbons (Fsp3) is 0.375. The first-order valence-corrected chi connectivity index (χ1v) is 13.3. The van der Waals surface area contributed by atoms with Crippen molar-refractivity contribution in [1.82, 2.24) is 5.32 Å². The van der Waals surface area contributed by atoms with Gasteiger partial charge in [0.05, 0.1) is 6.10 Å². The topological polar surface area (TPSA) is 103 Å². The zero-order valence-electron chi connectivity index (χ0n) is 23.8. The van der Waals surface area contributed by atoms with Crippen molar-refractivity contribution in [3.05, 3.63) is 95.6 Å². The van der Waals surface area contributed by atoms with E-state index >= 15 is 0 Å². The van der Waals surface area contributed by atoms with Crippen LogP contribution in [-0.4, -0.2) is 41.0 Å². The Balaban J connectivity index is 1.83. The third kappa shape index (κ3) is 10.3. The van der Waals surface area contributed by atoms with E-state index in [2.05, 4.69) is 5.32 Å². The lowest BCUT2D eigenvalue weighted by Gasteiger charge is -2.25. The molecule has 0 heterocycles. The maximum absolute atomic E-state index is 13.0. The first-order valence-electron chi connectivity index (χ1n) is 13.3. The predicted molar refractivity (Wildman–Crippen MR) is 152 cm³/mol. The van der Waals surface area contributed by atoms with Crippen molar-refractivity contribution >= 4 is 12.1 Å². The Morgan fingerprint density at radius 3 is 1.88 bits per heavy atom. The van der Waals surface area contributed by atoms with E-state index in [1.807, 2.05) is 66.7 Å². The monoisotopic (exact) mass is 549 g/mol. The summed E-state index contributed by atoms with van der Waals surface area (Å²) < 4.78 is 23.0. The summed E-state index contributed by atoms with van der Waals surface area (Å²) in [6.45, 7) is 8.99. The number of aliphatic hydroxyl groups excluding tert-OH is 1. The average Bonchev–Trinajstić information content (AvgIpc) is 2.91. The van der Waals surface area contributed by atoms with E-state index in [0.29, 0.717) is 30.3 Å². The van der Waals surface area contributed by atoms with Crippen LogP contribution < -0.4 is 14.8 Å². The number of benzene rings is 3. The Labute approximate surface area is 236 Å². The molecule has 3 atom stereocenters. The number of carbonyl (C=O) groups is 2. The molecule has 3 aromatic carbocycles. The molecule has 0 aromatic heterocycles. The van der Waals surface area contributed by atoms with E-state index in [1.165, 1.54) is 6.92 Å². The minimum absolute atomic E-state index is 0.102. The fourth-order valence-electron chi connectivity index (χ4n) is 3.62. The molecule has 0 aliphatic rings. The van der Waals surface area contributed by atoms with Gasteiger partial charge in [-0.15, -0.1) is 0 Å². The lowest BCUT2D eigenvalue weighted by molar-refractivity contribution is -0.155. The van der Waals surface area contributed by atoms with Crippen LogP contribution in [0.25, 0.3) is 0 Å². The van der Waals surface area contributed by atoms with Gasteiger partial charge < -0.3 is 29.4 Å². The maximum atomic E-state index is 13.0. The zero-order valence-corrected chi connectivity index (χ0v) is 23.8. The summed E-state index contributed by atoms with van der Waals surface area (Å²) >= 11 is 0. The lowest BCUT2D eigenvalue weighted by atomic mass is 10.0.